The summed E-state index contributed by atoms with van der Waals surface area (Å²) in [5.41, 5.74) is 7.06. The number of nitrogens with one attached hydrogen (secondary N) is 1. The number of thioether (sulfide) groups is 1. The lowest BCUT2D eigenvalue weighted by Gasteiger charge is -2.06. The molecule has 0 aliphatic rings. The van der Waals surface area contributed by atoms with E-state index in [1.807, 2.05) is 38.1 Å². The van der Waals surface area contributed by atoms with Crippen LogP contribution >= 0.6 is 23.1 Å². The van der Waals surface area contributed by atoms with E-state index in [1.165, 1.54) is 23.1 Å². The van der Waals surface area contributed by atoms with Crippen LogP contribution in [0.25, 0.3) is 0 Å². The molecule has 1 aromatic carbocycles. The summed E-state index contributed by atoms with van der Waals surface area (Å²) in [6, 6.07) is 7.81. The van der Waals surface area contributed by atoms with E-state index < -0.39 is 0 Å². The fourth-order valence-corrected chi connectivity index (χ4v) is 3.91. The van der Waals surface area contributed by atoms with Crippen LogP contribution in [0.3, 0.4) is 0 Å². The second kappa shape index (κ2) is 9.43. The van der Waals surface area contributed by atoms with E-state index in [-0.39, 0.29) is 17.6 Å². The summed E-state index contributed by atoms with van der Waals surface area (Å²) in [6.07, 6.45) is 0.974. The molecule has 2 rings (SSSR count). The highest BCUT2D eigenvalue weighted by Crippen LogP contribution is 2.31. The molecule has 0 atom stereocenters. The number of carbonyl (C=O) groups is 2. The fraction of sp³-hybridized carbons (Fsp3) is 0.353. The fourth-order valence-electron chi connectivity index (χ4n) is 2.02. The number of hydrogen-bond acceptors (Lipinski definition) is 6. The largest absolute Gasteiger partial charge is 0.494 e. The standard InChI is InChI=1S/C17H21N3O3S2/c1-11-5-3-6-13(9-11)23-8-4-7-15(22)20-17-19-12(2)16(25-17)24-10-14(18)21/h3,5-6,9H,4,7-8,10H2,1-2H3,(H2,18,21)(H,19,20,22). The van der Waals surface area contributed by atoms with E-state index in [0.29, 0.717) is 24.6 Å². The number of benzene rings is 1. The van der Waals surface area contributed by atoms with Crippen LogP contribution in [0.4, 0.5) is 5.13 Å². The molecule has 2 amide bonds. The number of rotatable bonds is 9. The van der Waals surface area contributed by atoms with Crippen LogP contribution in [0.2, 0.25) is 0 Å². The van der Waals surface area contributed by atoms with Crippen molar-refractivity contribution in [3.05, 3.63) is 35.5 Å². The SMILES string of the molecule is Cc1cccc(OCCCC(=O)Nc2nc(C)c(SCC(N)=O)s2)c1. The monoisotopic (exact) mass is 379 g/mol. The predicted octanol–water partition coefficient (Wildman–Crippen LogP) is 3.14. The molecule has 6 nitrogen and oxygen atoms in total. The summed E-state index contributed by atoms with van der Waals surface area (Å²) in [4.78, 5) is 27.1. The van der Waals surface area contributed by atoms with Gasteiger partial charge in [-0.05, 0) is 38.0 Å². The van der Waals surface area contributed by atoms with Gasteiger partial charge >= 0.3 is 0 Å². The van der Waals surface area contributed by atoms with E-state index in [0.717, 1.165) is 21.2 Å². The number of carbonyl (C=O) groups excluding carboxylic acids is 2. The number of aromatic nitrogens is 1. The molecular weight excluding hydrogens is 358 g/mol. The Kier molecular flexibility index (Phi) is 7.27. The van der Waals surface area contributed by atoms with Crippen molar-refractivity contribution in [2.45, 2.75) is 30.9 Å². The number of hydrogen-bond donors (Lipinski definition) is 2. The number of ether oxygens (including phenoxy) is 1. The average Bonchev–Trinajstić information content (AvgIpc) is 2.89. The highest BCUT2D eigenvalue weighted by Gasteiger charge is 2.11. The topological polar surface area (TPSA) is 94.3 Å². The van der Waals surface area contributed by atoms with Gasteiger partial charge in [0.15, 0.2) is 5.13 Å². The highest BCUT2D eigenvalue weighted by molar-refractivity contribution is 8.01. The molecule has 0 spiro atoms. The van der Waals surface area contributed by atoms with Gasteiger partial charge in [0.1, 0.15) is 5.75 Å². The first kappa shape index (κ1) is 19.3. The Morgan fingerprint density at radius 1 is 1.36 bits per heavy atom. The summed E-state index contributed by atoms with van der Waals surface area (Å²) in [7, 11) is 0. The lowest BCUT2D eigenvalue weighted by Crippen LogP contribution is -2.12. The normalized spacial score (nSPS) is 10.5. The molecule has 1 aromatic heterocycles. The number of anilines is 1. The predicted molar refractivity (Wildman–Crippen MR) is 101 cm³/mol. The lowest BCUT2D eigenvalue weighted by molar-refractivity contribution is -0.116. The molecule has 1 heterocycles. The van der Waals surface area contributed by atoms with E-state index in [1.54, 1.807) is 0 Å². The van der Waals surface area contributed by atoms with Gasteiger partial charge < -0.3 is 15.8 Å². The summed E-state index contributed by atoms with van der Waals surface area (Å²) >= 11 is 2.68. The van der Waals surface area contributed by atoms with Crippen LogP contribution in [0.5, 0.6) is 5.75 Å². The van der Waals surface area contributed by atoms with Gasteiger partial charge in [-0.1, -0.05) is 23.5 Å². The molecule has 25 heavy (non-hydrogen) atoms. The third-order valence-corrected chi connectivity index (χ3v) is 5.61. The maximum atomic E-state index is 12.0. The molecule has 0 fully saturated rings. The number of nitrogens with two attached hydrogens (primary N) is 1. The summed E-state index contributed by atoms with van der Waals surface area (Å²) in [5.74, 6) is 0.532. The zero-order valence-electron chi connectivity index (χ0n) is 14.2. The maximum absolute atomic E-state index is 12.0. The summed E-state index contributed by atoms with van der Waals surface area (Å²) < 4.78 is 6.51. The molecule has 0 bridgehead atoms. The van der Waals surface area contributed by atoms with E-state index in [9.17, 15) is 9.59 Å². The van der Waals surface area contributed by atoms with Crippen molar-refractivity contribution in [2.24, 2.45) is 5.73 Å². The smallest absolute Gasteiger partial charge is 0.227 e. The van der Waals surface area contributed by atoms with E-state index >= 15 is 0 Å². The Hall–Kier alpha value is -2.06. The van der Waals surface area contributed by atoms with Crippen molar-refractivity contribution in [1.29, 1.82) is 0 Å². The van der Waals surface area contributed by atoms with Crippen LogP contribution < -0.4 is 15.8 Å². The van der Waals surface area contributed by atoms with Gasteiger partial charge in [-0.15, -0.1) is 11.8 Å². The minimum Gasteiger partial charge on any atom is -0.494 e. The number of primary amides is 1. The Labute approximate surface area is 155 Å². The Morgan fingerprint density at radius 2 is 2.16 bits per heavy atom. The molecule has 0 aliphatic heterocycles. The van der Waals surface area contributed by atoms with Gasteiger partial charge in [0.05, 0.1) is 22.3 Å². The van der Waals surface area contributed by atoms with Crippen molar-refractivity contribution < 1.29 is 14.3 Å². The molecule has 0 saturated carbocycles. The van der Waals surface area contributed by atoms with Crippen molar-refractivity contribution in [2.75, 3.05) is 17.7 Å². The van der Waals surface area contributed by atoms with Crippen molar-refractivity contribution in [3.63, 3.8) is 0 Å². The first-order valence-electron chi connectivity index (χ1n) is 7.82. The molecular formula is C17H21N3O3S2. The zero-order valence-corrected chi connectivity index (χ0v) is 15.8. The van der Waals surface area contributed by atoms with Gasteiger partial charge in [0.25, 0.3) is 0 Å². The number of nitrogens with zero attached hydrogens (tertiary/aromatic N) is 1. The highest BCUT2D eigenvalue weighted by atomic mass is 32.2. The third-order valence-electron chi connectivity index (χ3n) is 3.15. The number of thiazole rings is 1. The molecule has 134 valence electrons. The Bertz CT molecular complexity index is 746. The van der Waals surface area contributed by atoms with Crippen LogP contribution in [-0.4, -0.2) is 29.2 Å². The first-order valence-corrected chi connectivity index (χ1v) is 9.62. The quantitative estimate of drug-likeness (QED) is 0.516. The molecule has 0 aliphatic carbocycles. The van der Waals surface area contributed by atoms with Crippen molar-refractivity contribution >= 4 is 40.0 Å². The lowest BCUT2D eigenvalue weighted by atomic mass is 10.2. The van der Waals surface area contributed by atoms with Crippen LogP contribution in [0, 0.1) is 13.8 Å². The van der Waals surface area contributed by atoms with E-state index in [4.69, 9.17) is 10.5 Å². The zero-order chi connectivity index (χ0) is 18.2. The van der Waals surface area contributed by atoms with Crippen molar-refractivity contribution in [1.82, 2.24) is 4.98 Å². The number of amides is 2. The third kappa shape index (κ3) is 6.75. The Balaban J connectivity index is 1.73. The van der Waals surface area contributed by atoms with Gasteiger partial charge in [-0.2, -0.15) is 0 Å². The second-order valence-corrected chi connectivity index (χ2v) is 7.71. The van der Waals surface area contributed by atoms with Crippen LogP contribution in [0.1, 0.15) is 24.1 Å². The molecule has 0 saturated heterocycles. The van der Waals surface area contributed by atoms with Crippen LogP contribution in [0.15, 0.2) is 28.5 Å². The second-order valence-electron chi connectivity index (χ2n) is 5.46. The van der Waals surface area contributed by atoms with Crippen molar-refractivity contribution in [3.8, 4) is 5.75 Å². The molecule has 0 radical (unpaired) electrons. The molecule has 3 N–H and O–H groups in total. The molecule has 2 aromatic rings. The number of aryl methyl sites for hydroxylation is 2. The molecule has 0 unspecified atom stereocenters. The van der Waals surface area contributed by atoms with Gasteiger partial charge in [0.2, 0.25) is 11.8 Å². The van der Waals surface area contributed by atoms with Crippen LogP contribution in [-0.2, 0) is 9.59 Å². The van der Waals surface area contributed by atoms with Gasteiger partial charge in [-0.25, -0.2) is 4.98 Å². The minimum absolute atomic E-state index is 0.104. The maximum Gasteiger partial charge on any atom is 0.227 e. The Morgan fingerprint density at radius 3 is 2.88 bits per heavy atom. The summed E-state index contributed by atoms with van der Waals surface area (Å²) in [5, 5.41) is 3.32. The van der Waals surface area contributed by atoms with E-state index in [2.05, 4.69) is 10.3 Å². The minimum atomic E-state index is -0.378. The average molecular weight is 380 g/mol. The van der Waals surface area contributed by atoms with Gasteiger partial charge in [0, 0.05) is 6.42 Å². The summed E-state index contributed by atoms with van der Waals surface area (Å²) in [6.45, 7) is 4.32. The van der Waals surface area contributed by atoms with Gasteiger partial charge in [-0.3, -0.25) is 9.59 Å². The first-order chi connectivity index (χ1) is 11.9. The molecule has 8 heteroatoms.